The maximum Gasteiger partial charge on any atom is 0.348 e. The Morgan fingerprint density at radius 3 is 2.13 bits per heavy atom. The fourth-order valence-corrected chi connectivity index (χ4v) is 0.331. The number of hydrogen-bond donors (Lipinski definition) is 1. The van der Waals surface area contributed by atoms with Gasteiger partial charge in [0.25, 0.3) is 0 Å². The summed E-state index contributed by atoms with van der Waals surface area (Å²) in [6.45, 7) is 8.21. The number of carbonyl (C=O) groups is 2. The maximum absolute atomic E-state index is 10.6. The van der Waals surface area contributed by atoms with Crippen LogP contribution in [0, 0.1) is 11.3 Å². The zero-order valence-corrected chi connectivity index (χ0v) is 9.11. The van der Waals surface area contributed by atoms with Gasteiger partial charge in [0.15, 0.2) is 0 Å². The Morgan fingerprint density at radius 1 is 1.53 bits per heavy atom. The molecule has 0 saturated heterocycles. The molecular weight excluding hydrogens is 198 g/mol. The van der Waals surface area contributed by atoms with Gasteiger partial charge in [-0.3, -0.25) is 4.79 Å². The molecule has 0 aromatic carbocycles. The van der Waals surface area contributed by atoms with Crippen LogP contribution in [-0.4, -0.2) is 23.1 Å². The van der Waals surface area contributed by atoms with Gasteiger partial charge in [0.2, 0.25) is 0 Å². The van der Waals surface area contributed by atoms with Crippen molar-refractivity contribution in [3.05, 3.63) is 12.2 Å². The van der Waals surface area contributed by atoms with Crippen molar-refractivity contribution in [2.24, 2.45) is 0 Å². The molecule has 0 aromatic rings. The second-order valence-corrected chi connectivity index (χ2v) is 2.79. The average Bonchev–Trinajstić information content (AvgIpc) is 2.16. The molecule has 0 aliphatic carbocycles. The summed E-state index contributed by atoms with van der Waals surface area (Å²) in [5, 5.41) is 15.9. The smallest absolute Gasteiger partial charge is 0.348 e. The van der Waals surface area contributed by atoms with E-state index in [0.717, 1.165) is 0 Å². The fourth-order valence-electron chi connectivity index (χ4n) is 0.331. The van der Waals surface area contributed by atoms with Gasteiger partial charge in [-0.05, 0) is 13.8 Å². The lowest BCUT2D eigenvalue weighted by molar-refractivity contribution is -0.142. The lowest BCUT2D eigenvalue weighted by Gasteiger charge is -2.04. The number of hydrogen-bond acceptors (Lipinski definition) is 4. The molecule has 5 nitrogen and oxygen atoms in total. The highest BCUT2D eigenvalue weighted by atomic mass is 16.5. The third kappa shape index (κ3) is 12.2. The standard InChI is InChI=1S/C7H9NO2.C3H6O2/c1-5(2)10-7(9)6(3)4-8;1-2-3(4)5/h5H,3H2,1-2H3;2H2,1H3,(H,4,5). The first-order valence-corrected chi connectivity index (χ1v) is 4.36. The Bertz CT molecular complexity index is 276. The Hall–Kier alpha value is -1.83. The molecule has 0 amide bonds. The minimum absolute atomic E-state index is 0.159. The SMILES string of the molecule is C=C(C#N)C(=O)OC(C)C.CCC(=O)O. The molecule has 0 spiro atoms. The molecule has 1 N–H and O–H groups in total. The zero-order valence-electron chi connectivity index (χ0n) is 9.11. The summed E-state index contributed by atoms with van der Waals surface area (Å²) in [5.41, 5.74) is -0.159. The Labute approximate surface area is 89.0 Å². The molecule has 0 fully saturated rings. The van der Waals surface area contributed by atoms with E-state index in [0.29, 0.717) is 0 Å². The zero-order chi connectivity index (χ0) is 12.4. The van der Waals surface area contributed by atoms with E-state index in [1.807, 2.05) is 0 Å². The third-order valence-electron chi connectivity index (χ3n) is 1.03. The lowest BCUT2D eigenvalue weighted by Crippen LogP contribution is -2.11. The van der Waals surface area contributed by atoms with Crippen molar-refractivity contribution < 1.29 is 19.4 Å². The molecular formula is C10H15NO4. The number of esters is 1. The molecule has 0 saturated carbocycles. The van der Waals surface area contributed by atoms with Crippen molar-refractivity contribution in [2.45, 2.75) is 33.3 Å². The van der Waals surface area contributed by atoms with Gasteiger partial charge >= 0.3 is 11.9 Å². The van der Waals surface area contributed by atoms with Gasteiger partial charge in [-0.1, -0.05) is 13.5 Å². The summed E-state index contributed by atoms with van der Waals surface area (Å²) < 4.78 is 4.64. The second kappa shape index (κ2) is 8.75. The number of rotatable bonds is 3. The molecule has 0 aromatic heterocycles. The predicted octanol–water partition coefficient (Wildman–Crippen LogP) is 1.50. The van der Waals surface area contributed by atoms with Crippen molar-refractivity contribution in [3.8, 4) is 6.07 Å². The second-order valence-electron chi connectivity index (χ2n) is 2.79. The normalized spacial score (nSPS) is 8.20. The third-order valence-corrected chi connectivity index (χ3v) is 1.03. The van der Waals surface area contributed by atoms with Crippen molar-refractivity contribution in [1.82, 2.24) is 0 Å². The number of ether oxygens (including phenoxy) is 1. The van der Waals surface area contributed by atoms with Crippen LogP contribution < -0.4 is 0 Å². The number of aliphatic carboxylic acids is 1. The van der Waals surface area contributed by atoms with Crippen molar-refractivity contribution in [3.63, 3.8) is 0 Å². The lowest BCUT2D eigenvalue weighted by atomic mass is 10.3. The van der Waals surface area contributed by atoms with Crippen LogP contribution in [0.1, 0.15) is 27.2 Å². The summed E-state index contributed by atoms with van der Waals surface area (Å²) in [7, 11) is 0. The van der Waals surface area contributed by atoms with E-state index >= 15 is 0 Å². The molecule has 0 unspecified atom stereocenters. The van der Waals surface area contributed by atoms with Crippen LogP contribution in [0.3, 0.4) is 0 Å². The summed E-state index contributed by atoms with van der Waals surface area (Å²) in [4.78, 5) is 20.0. The number of carboxylic acid groups (broad SMARTS) is 1. The minimum Gasteiger partial charge on any atom is -0.481 e. The van der Waals surface area contributed by atoms with Crippen LogP contribution in [-0.2, 0) is 14.3 Å². The number of nitrogens with zero attached hydrogens (tertiary/aromatic N) is 1. The van der Waals surface area contributed by atoms with E-state index in [4.69, 9.17) is 10.4 Å². The highest BCUT2D eigenvalue weighted by molar-refractivity contribution is 5.91. The van der Waals surface area contributed by atoms with Gasteiger partial charge in [0, 0.05) is 6.42 Å². The van der Waals surface area contributed by atoms with Gasteiger partial charge < -0.3 is 9.84 Å². The van der Waals surface area contributed by atoms with E-state index in [9.17, 15) is 9.59 Å². The monoisotopic (exact) mass is 213 g/mol. The number of carbonyl (C=O) groups excluding carboxylic acids is 1. The minimum atomic E-state index is -0.745. The molecule has 84 valence electrons. The summed E-state index contributed by atoms with van der Waals surface area (Å²) in [6, 6.07) is 1.60. The van der Waals surface area contributed by atoms with Crippen LogP contribution >= 0.6 is 0 Å². The first-order chi connectivity index (χ1) is 6.84. The van der Waals surface area contributed by atoms with Crippen LogP contribution in [0.5, 0.6) is 0 Å². The predicted molar refractivity (Wildman–Crippen MR) is 53.9 cm³/mol. The van der Waals surface area contributed by atoms with E-state index in [1.54, 1.807) is 26.8 Å². The molecule has 0 aliphatic rings. The van der Waals surface area contributed by atoms with Gasteiger partial charge in [-0.25, -0.2) is 4.79 Å². The van der Waals surface area contributed by atoms with Crippen LogP contribution in [0.2, 0.25) is 0 Å². The Balaban J connectivity index is 0. The van der Waals surface area contributed by atoms with Crippen LogP contribution in [0.15, 0.2) is 12.2 Å². The molecule has 0 heterocycles. The number of carboxylic acids is 1. The summed E-state index contributed by atoms with van der Waals surface area (Å²) in [5.74, 6) is -1.39. The maximum atomic E-state index is 10.6. The molecule has 0 aliphatic heterocycles. The molecule has 0 bridgehead atoms. The Kier molecular flexibility index (Phi) is 9.12. The number of nitriles is 1. The van der Waals surface area contributed by atoms with Gasteiger partial charge in [0.1, 0.15) is 11.6 Å². The highest BCUT2D eigenvalue weighted by Gasteiger charge is 2.08. The quantitative estimate of drug-likeness (QED) is 0.436. The topological polar surface area (TPSA) is 87.4 Å². The van der Waals surface area contributed by atoms with Crippen molar-refractivity contribution >= 4 is 11.9 Å². The van der Waals surface area contributed by atoms with Gasteiger partial charge in [-0.2, -0.15) is 5.26 Å². The fraction of sp³-hybridized carbons (Fsp3) is 0.500. The average molecular weight is 213 g/mol. The van der Waals surface area contributed by atoms with Gasteiger partial charge in [-0.15, -0.1) is 0 Å². The first-order valence-electron chi connectivity index (χ1n) is 4.36. The molecule has 0 rings (SSSR count). The van der Waals surface area contributed by atoms with E-state index < -0.39 is 11.9 Å². The summed E-state index contributed by atoms with van der Waals surface area (Å²) in [6.07, 6.45) is 0.0256. The first kappa shape index (κ1) is 15.6. The largest absolute Gasteiger partial charge is 0.481 e. The van der Waals surface area contributed by atoms with Crippen LogP contribution in [0.4, 0.5) is 0 Å². The van der Waals surface area contributed by atoms with Gasteiger partial charge in [0.05, 0.1) is 6.10 Å². The van der Waals surface area contributed by atoms with E-state index in [-0.39, 0.29) is 18.1 Å². The molecule has 0 atom stereocenters. The van der Waals surface area contributed by atoms with Crippen molar-refractivity contribution in [1.29, 1.82) is 5.26 Å². The van der Waals surface area contributed by atoms with Crippen molar-refractivity contribution in [2.75, 3.05) is 0 Å². The van der Waals surface area contributed by atoms with Crippen LogP contribution in [0.25, 0.3) is 0 Å². The molecule has 0 radical (unpaired) electrons. The molecule has 5 heteroatoms. The Morgan fingerprint density at radius 2 is 1.93 bits per heavy atom. The van der Waals surface area contributed by atoms with E-state index in [1.165, 1.54) is 0 Å². The van der Waals surface area contributed by atoms with E-state index in [2.05, 4.69) is 11.3 Å². The molecule has 15 heavy (non-hydrogen) atoms. The highest BCUT2D eigenvalue weighted by Crippen LogP contribution is 1.95. The summed E-state index contributed by atoms with van der Waals surface area (Å²) >= 11 is 0.